The summed E-state index contributed by atoms with van der Waals surface area (Å²) in [5, 5.41) is 19.7. The van der Waals surface area contributed by atoms with E-state index in [1.54, 1.807) is 12.3 Å². The Labute approximate surface area is 96.0 Å². The van der Waals surface area contributed by atoms with Crippen molar-refractivity contribution >= 4 is 28.2 Å². The lowest BCUT2D eigenvalue weighted by atomic mass is 10.1. The Bertz CT molecular complexity index is 571. The molecule has 0 unspecified atom stereocenters. The van der Waals surface area contributed by atoms with E-state index in [0.29, 0.717) is 5.39 Å². The van der Waals surface area contributed by atoms with Crippen LogP contribution in [0.5, 0.6) is 0 Å². The molecule has 0 atom stereocenters. The molecule has 0 spiro atoms. The van der Waals surface area contributed by atoms with E-state index in [1.165, 1.54) is 18.0 Å². The van der Waals surface area contributed by atoms with Crippen LogP contribution in [0.15, 0.2) is 23.4 Å². The van der Waals surface area contributed by atoms with Crippen molar-refractivity contribution < 1.29 is 4.92 Å². The van der Waals surface area contributed by atoms with E-state index in [9.17, 15) is 10.1 Å². The van der Waals surface area contributed by atoms with Crippen molar-refractivity contribution in [1.29, 1.82) is 0 Å². The summed E-state index contributed by atoms with van der Waals surface area (Å²) in [4.78, 5) is 11.5. The van der Waals surface area contributed by atoms with Gasteiger partial charge in [0.25, 0.3) is 5.69 Å². The van der Waals surface area contributed by atoms with E-state index in [1.807, 2.05) is 13.2 Å². The van der Waals surface area contributed by atoms with Crippen LogP contribution in [0.25, 0.3) is 10.8 Å². The molecule has 2 rings (SSSR count). The van der Waals surface area contributed by atoms with Gasteiger partial charge in [0.15, 0.2) is 0 Å². The largest absolute Gasteiger partial charge is 0.280 e. The van der Waals surface area contributed by atoms with Gasteiger partial charge in [-0.2, -0.15) is 10.2 Å². The Morgan fingerprint density at radius 2 is 1.94 bits per heavy atom. The summed E-state index contributed by atoms with van der Waals surface area (Å²) < 4.78 is 0. The van der Waals surface area contributed by atoms with E-state index >= 15 is 0 Å². The lowest BCUT2D eigenvalue weighted by Crippen LogP contribution is -1.94. The highest BCUT2D eigenvalue weighted by Gasteiger charge is 2.16. The predicted molar refractivity (Wildman–Crippen MR) is 62.7 cm³/mol. The lowest BCUT2D eigenvalue weighted by molar-refractivity contribution is -0.383. The van der Waals surface area contributed by atoms with Crippen molar-refractivity contribution in [3.8, 4) is 0 Å². The number of benzene rings is 1. The number of nitro benzene ring substituents is 1. The number of non-ortho nitro benzene ring substituents is 1. The molecule has 0 bridgehead atoms. The van der Waals surface area contributed by atoms with Gasteiger partial charge in [-0.05, 0) is 18.7 Å². The smallest absolute Gasteiger partial charge is 0.258 e. The fraction of sp³-hybridized carbons (Fsp3) is 0.200. The molecule has 0 saturated heterocycles. The second-order valence-corrected chi connectivity index (χ2v) is 4.14. The fourth-order valence-corrected chi connectivity index (χ4v) is 2.28. The molecule has 0 N–H and O–H groups in total. The minimum Gasteiger partial charge on any atom is -0.258 e. The molecule has 82 valence electrons. The van der Waals surface area contributed by atoms with Crippen molar-refractivity contribution in [2.24, 2.45) is 0 Å². The fourth-order valence-electron chi connectivity index (χ4n) is 1.63. The third-order valence-electron chi connectivity index (χ3n) is 2.46. The monoisotopic (exact) mass is 235 g/mol. The summed E-state index contributed by atoms with van der Waals surface area (Å²) >= 11 is 1.49. The van der Waals surface area contributed by atoms with Crippen molar-refractivity contribution in [1.82, 2.24) is 10.2 Å². The van der Waals surface area contributed by atoms with Gasteiger partial charge in [0.05, 0.1) is 22.7 Å². The molecule has 0 radical (unpaired) electrons. The third-order valence-corrected chi connectivity index (χ3v) is 3.33. The average Bonchev–Trinajstić information content (AvgIpc) is 2.29. The van der Waals surface area contributed by atoms with Crippen LogP contribution in [-0.4, -0.2) is 21.4 Å². The van der Waals surface area contributed by atoms with Crippen molar-refractivity contribution in [2.45, 2.75) is 11.8 Å². The van der Waals surface area contributed by atoms with E-state index in [4.69, 9.17) is 0 Å². The summed E-state index contributed by atoms with van der Waals surface area (Å²) in [7, 11) is 0. The average molecular weight is 235 g/mol. The van der Waals surface area contributed by atoms with Gasteiger partial charge in [-0.25, -0.2) is 0 Å². The number of aromatic nitrogens is 2. The molecule has 1 aromatic carbocycles. The highest BCUT2D eigenvalue weighted by Crippen LogP contribution is 2.33. The molecule has 0 aliphatic rings. The van der Waals surface area contributed by atoms with Gasteiger partial charge in [0.2, 0.25) is 0 Å². The first kappa shape index (κ1) is 10.8. The first-order chi connectivity index (χ1) is 7.65. The zero-order valence-electron chi connectivity index (χ0n) is 8.80. The first-order valence-electron chi connectivity index (χ1n) is 4.57. The van der Waals surface area contributed by atoms with Gasteiger partial charge in [0.1, 0.15) is 0 Å². The second kappa shape index (κ2) is 4.05. The molecule has 0 aliphatic heterocycles. The van der Waals surface area contributed by atoms with Gasteiger partial charge in [-0.1, -0.05) is 0 Å². The highest BCUT2D eigenvalue weighted by molar-refractivity contribution is 7.98. The molecule has 0 fully saturated rings. The van der Waals surface area contributed by atoms with Crippen molar-refractivity contribution in [3.63, 3.8) is 0 Å². The van der Waals surface area contributed by atoms with Gasteiger partial charge in [-0.15, -0.1) is 11.8 Å². The van der Waals surface area contributed by atoms with E-state index in [-0.39, 0.29) is 10.6 Å². The van der Waals surface area contributed by atoms with Crippen molar-refractivity contribution in [2.75, 3.05) is 6.26 Å². The Morgan fingerprint density at radius 1 is 1.31 bits per heavy atom. The zero-order chi connectivity index (χ0) is 11.7. The van der Waals surface area contributed by atoms with Crippen LogP contribution in [0.3, 0.4) is 0 Å². The molecule has 1 heterocycles. The number of aryl methyl sites for hydroxylation is 1. The number of nitrogens with zero attached hydrogens (tertiary/aromatic N) is 3. The van der Waals surface area contributed by atoms with E-state index in [2.05, 4.69) is 10.2 Å². The van der Waals surface area contributed by atoms with Crippen LogP contribution in [0, 0.1) is 17.0 Å². The van der Waals surface area contributed by atoms with Crippen LogP contribution >= 0.6 is 11.8 Å². The molecule has 0 aliphatic carbocycles. The van der Waals surface area contributed by atoms with E-state index < -0.39 is 0 Å². The van der Waals surface area contributed by atoms with Crippen LogP contribution in [0.2, 0.25) is 0 Å². The zero-order valence-corrected chi connectivity index (χ0v) is 9.61. The van der Waals surface area contributed by atoms with Crippen LogP contribution in [-0.2, 0) is 0 Å². The number of thioether (sulfide) groups is 1. The Balaban J connectivity index is 2.90. The molecule has 2 aromatic rings. The van der Waals surface area contributed by atoms with Crippen LogP contribution in [0.4, 0.5) is 5.69 Å². The number of fused-ring (bicyclic) bond motifs is 1. The normalized spacial score (nSPS) is 10.6. The number of hydrogen-bond donors (Lipinski definition) is 0. The quantitative estimate of drug-likeness (QED) is 0.454. The molecule has 6 heteroatoms. The maximum absolute atomic E-state index is 10.9. The Kier molecular flexibility index (Phi) is 2.74. The van der Waals surface area contributed by atoms with Crippen LogP contribution in [0.1, 0.15) is 5.56 Å². The molecule has 0 saturated carbocycles. The van der Waals surface area contributed by atoms with Gasteiger partial charge < -0.3 is 0 Å². The summed E-state index contributed by atoms with van der Waals surface area (Å²) in [5.74, 6) is 0. The standard InChI is InChI=1S/C10H9N3O2S/c1-6-7-4-11-12-5-8(7)9(13(14)15)3-10(6)16-2/h3-5H,1-2H3. The minimum absolute atomic E-state index is 0.0832. The molecule has 1 aromatic heterocycles. The maximum Gasteiger partial charge on any atom is 0.280 e. The van der Waals surface area contributed by atoms with Gasteiger partial charge >= 0.3 is 0 Å². The van der Waals surface area contributed by atoms with E-state index in [0.717, 1.165) is 15.8 Å². The van der Waals surface area contributed by atoms with Gasteiger partial charge in [-0.3, -0.25) is 10.1 Å². The highest BCUT2D eigenvalue weighted by atomic mass is 32.2. The number of hydrogen-bond acceptors (Lipinski definition) is 5. The predicted octanol–water partition coefficient (Wildman–Crippen LogP) is 2.57. The topological polar surface area (TPSA) is 68.9 Å². The molecule has 5 nitrogen and oxygen atoms in total. The summed E-state index contributed by atoms with van der Waals surface area (Å²) in [6.45, 7) is 1.93. The first-order valence-corrected chi connectivity index (χ1v) is 5.80. The van der Waals surface area contributed by atoms with Crippen molar-refractivity contribution in [3.05, 3.63) is 34.1 Å². The molecule has 0 amide bonds. The number of nitro groups is 1. The summed E-state index contributed by atoms with van der Waals surface area (Å²) in [6.07, 6.45) is 4.90. The summed E-state index contributed by atoms with van der Waals surface area (Å²) in [6, 6.07) is 1.59. The third kappa shape index (κ3) is 1.61. The Hall–Kier alpha value is -1.69. The molecule has 16 heavy (non-hydrogen) atoms. The Morgan fingerprint density at radius 3 is 2.50 bits per heavy atom. The van der Waals surface area contributed by atoms with Gasteiger partial charge in [0, 0.05) is 16.3 Å². The summed E-state index contributed by atoms with van der Waals surface area (Å²) in [5.41, 5.74) is 1.09. The van der Waals surface area contributed by atoms with Crippen LogP contribution < -0.4 is 0 Å². The minimum atomic E-state index is -0.386. The molecular weight excluding hydrogens is 226 g/mol. The maximum atomic E-state index is 10.9. The lowest BCUT2D eigenvalue weighted by Gasteiger charge is -2.06. The second-order valence-electron chi connectivity index (χ2n) is 3.30. The SMILES string of the molecule is CSc1cc([N+](=O)[O-])c2cnncc2c1C. The molecular formula is C10H9N3O2S. The number of rotatable bonds is 2.